The number of aliphatic hydroxyl groups is 1. The topological polar surface area (TPSA) is 138 Å². The molecule has 11 heteroatoms. The molecule has 5 rings (SSSR count). The zero-order valence-corrected chi connectivity index (χ0v) is 20.0. The van der Waals surface area contributed by atoms with Gasteiger partial charge in [-0.3, -0.25) is 14.6 Å². The largest absolute Gasteiger partial charge is 0.481 e. The van der Waals surface area contributed by atoms with Gasteiger partial charge in [-0.1, -0.05) is 0 Å². The van der Waals surface area contributed by atoms with Crippen LogP contribution >= 0.6 is 11.8 Å². The van der Waals surface area contributed by atoms with Crippen molar-refractivity contribution in [1.82, 2.24) is 20.3 Å². The van der Waals surface area contributed by atoms with Crippen molar-refractivity contribution < 1.29 is 19.4 Å². The number of hydrogen-bond donors (Lipinski definition) is 4. The summed E-state index contributed by atoms with van der Waals surface area (Å²) in [5, 5.41) is 19.8. The molecule has 4 N–H and O–H groups in total. The number of hydrogen-bond acceptors (Lipinski definition) is 9. The van der Waals surface area contributed by atoms with E-state index in [0.717, 1.165) is 10.6 Å². The standard InChI is InChI=1S/C24H26N6O4S/c1-34-21-7-5-16-22(30-21)17(8-9-25-16)28-24(33)13-2-4-15(18(31)10-13)26-11-14-3-6-19-23(27-14)29-20(32)12-35-19/h3,5-9,13,15,18,26,31H,2,4,10-12H2,1H3,(H,25,28,33)(H,27,29,32)/t13-,15-,18-/m0/s1. The van der Waals surface area contributed by atoms with Gasteiger partial charge in [0.05, 0.1) is 40.8 Å². The Balaban J connectivity index is 1.18. The van der Waals surface area contributed by atoms with Gasteiger partial charge in [-0.15, -0.1) is 11.8 Å². The summed E-state index contributed by atoms with van der Waals surface area (Å²) in [6.45, 7) is 0.461. The average Bonchev–Trinajstić information content (AvgIpc) is 2.87. The minimum absolute atomic E-state index is 0.0539. The van der Waals surface area contributed by atoms with Crippen LogP contribution in [-0.4, -0.2) is 56.9 Å². The summed E-state index contributed by atoms with van der Waals surface area (Å²) in [4.78, 5) is 38.8. The molecule has 0 radical (unpaired) electrons. The number of aliphatic hydroxyl groups excluding tert-OH is 1. The van der Waals surface area contributed by atoms with Gasteiger partial charge in [0, 0.05) is 30.8 Å². The highest BCUT2D eigenvalue weighted by Gasteiger charge is 2.33. The Morgan fingerprint density at radius 1 is 1.23 bits per heavy atom. The van der Waals surface area contributed by atoms with Gasteiger partial charge in [-0.05, 0) is 43.5 Å². The molecule has 0 saturated heterocycles. The number of carbonyl (C=O) groups excluding carboxylic acids is 2. The number of nitrogens with zero attached hydrogens (tertiary/aromatic N) is 3. The molecule has 3 aromatic heterocycles. The molecular formula is C24H26N6O4S. The maximum absolute atomic E-state index is 13.0. The summed E-state index contributed by atoms with van der Waals surface area (Å²) in [5.74, 6) is 0.911. The van der Waals surface area contributed by atoms with Crippen LogP contribution in [0, 0.1) is 5.92 Å². The molecule has 2 amide bonds. The van der Waals surface area contributed by atoms with E-state index in [9.17, 15) is 14.7 Å². The van der Waals surface area contributed by atoms with E-state index in [4.69, 9.17) is 4.74 Å². The van der Waals surface area contributed by atoms with Crippen molar-refractivity contribution in [2.24, 2.45) is 5.92 Å². The normalized spacial score (nSPS) is 21.8. The number of thioether (sulfide) groups is 1. The van der Waals surface area contributed by atoms with Crippen LogP contribution < -0.4 is 20.7 Å². The summed E-state index contributed by atoms with van der Waals surface area (Å²) < 4.78 is 5.20. The number of ether oxygens (including phenoxy) is 1. The van der Waals surface area contributed by atoms with Gasteiger partial charge >= 0.3 is 0 Å². The van der Waals surface area contributed by atoms with Crippen LogP contribution in [0.3, 0.4) is 0 Å². The molecule has 10 nitrogen and oxygen atoms in total. The fourth-order valence-electron chi connectivity index (χ4n) is 4.42. The van der Waals surface area contributed by atoms with Gasteiger partial charge in [0.15, 0.2) is 0 Å². The molecule has 1 fully saturated rings. The fourth-order valence-corrected chi connectivity index (χ4v) is 5.17. The molecule has 0 spiro atoms. The first-order valence-electron chi connectivity index (χ1n) is 11.4. The SMILES string of the molecule is COc1ccc2nccc(NC(=O)[C@H]3CC[C@H](NCc4ccc5c(n4)NC(=O)CS5)[C@@H](O)C3)c2n1. The molecular weight excluding hydrogens is 468 g/mol. The molecule has 2 aliphatic rings. The molecule has 35 heavy (non-hydrogen) atoms. The lowest BCUT2D eigenvalue weighted by atomic mass is 9.83. The first-order valence-corrected chi connectivity index (χ1v) is 12.4. The van der Waals surface area contributed by atoms with Crippen LogP contribution in [-0.2, 0) is 16.1 Å². The molecule has 0 bridgehead atoms. The van der Waals surface area contributed by atoms with Gasteiger partial charge in [0.2, 0.25) is 17.7 Å². The zero-order chi connectivity index (χ0) is 24.4. The highest BCUT2D eigenvalue weighted by Crippen LogP contribution is 2.31. The number of carbonyl (C=O) groups is 2. The lowest BCUT2D eigenvalue weighted by molar-refractivity contribution is -0.122. The van der Waals surface area contributed by atoms with E-state index in [1.54, 1.807) is 24.4 Å². The summed E-state index contributed by atoms with van der Waals surface area (Å²) in [7, 11) is 1.54. The monoisotopic (exact) mass is 494 g/mol. The molecule has 1 aliphatic carbocycles. The van der Waals surface area contributed by atoms with Crippen LogP contribution in [0.4, 0.5) is 11.5 Å². The van der Waals surface area contributed by atoms with Crippen molar-refractivity contribution in [2.75, 3.05) is 23.5 Å². The fraction of sp³-hybridized carbons (Fsp3) is 0.375. The maximum Gasteiger partial charge on any atom is 0.235 e. The van der Waals surface area contributed by atoms with Crippen molar-refractivity contribution >= 4 is 46.1 Å². The first kappa shape index (κ1) is 23.5. The molecule has 1 aliphatic heterocycles. The van der Waals surface area contributed by atoms with E-state index in [2.05, 4.69) is 30.9 Å². The number of nitrogens with one attached hydrogen (secondary N) is 3. The molecule has 1 saturated carbocycles. The number of rotatable bonds is 6. The lowest BCUT2D eigenvalue weighted by Gasteiger charge is -2.33. The number of pyridine rings is 3. The minimum Gasteiger partial charge on any atom is -0.481 e. The third kappa shape index (κ3) is 5.21. The summed E-state index contributed by atoms with van der Waals surface area (Å²) >= 11 is 1.47. The van der Waals surface area contributed by atoms with E-state index < -0.39 is 6.10 Å². The molecule has 182 valence electrons. The van der Waals surface area contributed by atoms with Gasteiger partial charge in [0.25, 0.3) is 0 Å². The average molecular weight is 495 g/mol. The van der Waals surface area contributed by atoms with Crippen LogP contribution in [0.1, 0.15) is 25.0 Å². The van der Waals surface area contributed by atoms with Gasteiger partial charge in [-0.2, -0.15) is 0 Å². The van der Waals surface area contributed by atoms with Crippen molar-refractivity contribution in [1.29, 1.82) is 0 Å². The summed E-state index contributed by atoms with van der Waals surface area (Å²) in [6, 6.07) is 8.96. The Bertz CT molecular complexity index is 1270. The molecule has 3 atom stereocenters. The van der Waals surface area contributed by atoms with E-state index >= 15 is 0 Å². The number of fused-ring (bicyclic) bond motifs is 2. The van der Waals surface area contributed by atoms with Crippen LogP contribution in [0.2, 0.25) is 0 Å². The lowest BCUT2D eigenvalue weighted by Crippen LogP contribution is -2.46. The van der Waals surface area contributed by atoms with Gasteiger partial charge < -0.3 is 25.8 Å². The van der Waals surface area contributed by atoms with E-state index in [1.807, 2.05) is 12.1 Å². The maximum atomic E-state index is 13.0. The number of methoxy groups -OCH3 is 1. The third-order valence-corrected chi connectivity index (χ3v) is 7.34. The second kappa shape index (κ2) is 10.1. The second-order valence-electron chi connectivity index (χ2n) is 8.62. The quantitative estimate of drug-likeness (QED) is 0.407. The molecule has 0 aromatic carbocycles. The predicted octanol–water partition coefficient (Wildman–Crippen LogP) is 2.34. The summed E-state index contributed by atoms with van der Waals surface area (Å²) in [6.07, 6.45) is 2.61. The Morgan fingerprint density at radius 2 is 2.11 bits per heavy atom. The van der Waals surface area contributed by atoms with Crippen molar-refractivity contribution in [2.45, 2.75) is 42.8 Å². The van der Waals surface area contributed by atoms with Crippen LogP contribution in [0.25, 0.3) is 11.0 Å². The van der Waals surface area contributed by atoms with Crippen molar-refractivity contribution in [3.8, 4) is 5.88 Å². The third-order valence-electron chi connectivity index (χ3n) is 6.29. The Kier molecular flexibility index (Phi) is 6.80. The highest BCUT2D eigenvalue weighted by molar-refractivity contribution is 8.00. The zero-order valence-electron chi connectivity index (χ0n) is 19.2. The van der Waals surface area contributed by atoms with Crippen molar-refractivity contribution in [3.63, 3.8) is 0 Å². The number of anilines is 2. The van der Waals surface area contributed by atoms with Crippen LogP contribution in [0.5, 0.6) is 5.88 Å². The Morgan fingerprint density at radius 3 is 2.94 bits per heavy atom. The predicted molar refractivity (Wildman–Crippen MR) is 132 cm³/mol. The van der Waals surface area contributed by atoms with Gasteiger partial charge in [-0.25, -0.2) is 9.97 Å². The number of amides is 2. The number of aromatic nitrogens is 3. The van der Waals surface area contributed by atoms with E-state index in [0.29, 0.717) is 60.0 Å². The second-order valence-corrected chi connectivity index (χ2v) is 9.64. The minimum atomic E-state index is -0.667. The highest BCUT2D eigenvalue weighted by atomic mass is 32.2. The first-order chi connectivity index (χ1) is 17.0. The van der Waals surface area contributed by atoms with E-state index in [-0.39, 0.29) is 23.8 Å². The Hall–Kier alpha value is -3.28. The summed E-state index contributed by atoms with van der Waals surface area (Å²) in [5.41, 5.74) is 2.57. The van der Waals surface area contributed by atoms with Gasteiger partial charge in [0.1, 0.15) is 11.3 Å². The Labute approximate surface area is 206 Å². The van der Waals surface area contributed by atoms with E-state index in [1.165, 1.54) is 18.9 Å². The molecule has 4 heterocycles. The smallest absolute Gasteiger partial charge is 0.235 e. The molecule has 0 unspecified atom stereocenters. The van der Waals surface area contributed by atoms with Crippen LogP contribution in [0.15, 0.2) is 41.4 Å². The van der Waals surface area contributed by atoms with Crippen molar-refractivity contribution in [3.05, 3.63) is 42.2 Å². The molecule has 3 aromatic rings.